The minimum absolute atomic E-state index is 0.0542. The van der Waals surface area contributed by atoms with Crippen molar-refractivity contribution in [3.05, 3.63) is 64.9 Å². The summed E-state index contributed by atoms with van der Waals surface area (Å²) in [4.78, 5) is 25.0. The number of furan rings is 1. The average molecular weight is 493 g/mol. The van der Waals surface area contributed by atoms with Crippen molar-refractivity contribution in [1.82, 2.24) is 0 Å². The first-order chi connectivity index (χ1) is 16.7. The molecule has 0 saturated heterocycles. The highest BCUT2D eigenvalue weighted by atomic mass is 32.2. The normalized spacial score (nSPS) is 12.8. The number of rotatable bonds is 7. The Balaban J connectivity index is 1.62. The molecule has 2 N–H and O–H groups in total. The molecule has 9 heteroatoms. The second-order valence-corrected chi connectivity index (χ2v) is 10.1. The van der Waals surface area contributed by atoms with Crippen LogP contribution in [0, 0.1) is 6.92 Å². The fourth-order valence-electron chi connectivity index (χ4n) is 4.53. The molecular formula is C26H24N2O6S. The number of anilines is 2. The first kappa shape index (κ1) is 22.9. The number of benzene rings is 3. The molecule has 0 spiro atoms. The number of sulfonamides is 1. The van der Waals surface area contributed by atoms with E-state index in [1.807, 2.05) is 6.92 Å². The number of esters is 1. The van der Waals surface area contributed by atoms with Gasteiger partial charge in [0, 0.05) is 33.8 Å². The van der Waals surface area contributed by atoms with E-state index < -0.39 is 16.0 Å². The second kappa shape index (κ2) is 8.42. The molecular weight excluding hydrogens is 468 g/mol. The van der Waals surface area contributed by atoms with Crippen molar-refractivity contribution < 1.29 is 27.2 Å². The van der Waals surface area contributed by atoms with Gasteiger partial charge in [-0.25, -0.2) is 13.2 Å². The van der Waals surface area contributed by atoms with E-state index in [1.165, 1.54) is 6.07 Å². The standard InChI is InChI=1S/C26H24N2O6S/c1-4-7-20-24(26(30)33-5-2)17-13-19(14(3)12-21(17)34-20)28-35(31,32)22-11-10-18-23-15(22)8-6-9-16(23)25(29)27-18/h6,8-13,28H,4-5,7H2,1-3H3,(H,27,29). The van der Waals surface area contributed by atoms with E-state index in [4.69, 9.17) is 9.15 Å². The minimum atomic E-state index is -4.04. The van der Waals surface area contributed by atoms with Crippen LogP contribution in [0.4, 0.5) is 11.4 Å². The summed E-state index contributed by atoms with van der Waals surface area (Å²) in [5.74, 6) is -0.245. The quantitative estimate of drug-likeness (QED) is 0.334. The lowest BCUT2D eigenvalue weighted by Crippen LogP contribution is -2.14. The summed E-state index contributed by atoms with van der Waals surface area (Å²) >= 11 is 0. The zero-order valence-corrected chi connectivity index (χ0v) is 20.3. The zero-order valence-electron chi connectivity index (χ0n) is 19.5. The van der Waals surface area contributed by atoms with Crippen LogP contribution in [0.25, 0.3) is 21.7 Å². The van der Waals surface area contributed by atoms with E-state index in [0.717, 1.165) is 6.42 Å². The van der Waals surface area contributed by atoms with Crippen LogP contribution in [-0.2, 0) is 21.2 Å². The van der Waals surface area contributed by atoms with Crippen molar-refractivity contribution in [3.8, 4) is 0 Å². The largest absolute Gasteiger partial charge is 0.462 e. The minimum Gasteiger partial charge on any atom is -0.462 e. The molecule has 0 atom stereocenters. The molecule has 35 heavy (non-hydrogen) atoms. The Kier molecular flexibility index (Phi) is 5.52. The number of aryl methyl sites for hydroxylation is 2. The number of amides is 1. The molecule has 1 aliphatic heterocycles. The van der Waals surface area contributed by atoms with Crippen molar-refractivity contribution in [2.75, 3.05) is 16.6 Å². The molecule has 0 unspecified atom stereocenters. The van der Waals surface area contributed by atoms with Crippen LogP contribution < -0.4 is 10.0 Å². The third kappa shape index (κ3) is 3.72. The van der Waals surface area contributed by atoms with E-state index in [1.54, 1.807) is 50.2 Å². The molecule has 8 nitrogen and oxygen atoms in total. The van der Waals surface area contributed by atoms with Crippen molar-refractivity contribution in [3.63, 3.8) is 0 Å². The Morgan fingerprint density at radius 2 is 1.91 bits per heavy atom. The molecule has 0 bridgehead atoms. The number of nitrogens with one attached hydrogen (secondary N) is 2. The monoisotopic (exact) mass is 492 g/mol. The summed E-state index contributed by atoms with van der Waals surface area (Å²) < 4.78 is 40.9. The topological polar surface area (TPSA) is 115 Å². The van der Waals surface area contributed by atoms with Gasteiger partial charge in [-0.2, -0.15) is 0 Å². The van der Waals surface area contributed by atoms with Gasteiger partial charge >= 0.3 is 5.97 Å². The molecule has 0 saturated carbocycles. The molecule has 180 valence electrons. The predicted octanol–water partition coefficient (Wildman–Crippen LogP) is 5.39. The molecule has 0 fully saturated rings. The van der Waals surface area contributed by atoms with Gasteiger partial charge in [0.15, 0.2) is 0 Å². The third-order valence-electron chi connectivity index (χ3n) is 6.09. The number of hydrogen-bond acceptors (Lipinski definition) is 6. The van der Waals surface area contributed by atoms with E-state index in [2.05, 4.69) is 10.0 Å². The van der Waals surface area contributed by atoms with Gasteiger partial charge in [0.05, 0.1) is 17.2 Å². The van der Waals surface area contributed by atoms with Crippen LogP contribution in [-0.4, -0.2) is 26.9 Å². The van der Waals surface area contributed by atoms with Crippen LogP contribution >= 0.6 is 0 Å². The van der Waals surface area contributed by atoms with Gasteiger partial charge in [-0.3, -0.25) is 9.52 Å². The van der Waals surface area contributed by atoms with Crippen molar-refractivity contribution in [2.45, 2.75) is 38.5 Å². The highest BCUT2D eigenvalue weighted by Crippen LogP contribution is 2.38. The highest BCUT2D eigenvalue weighted by molar-refractivity contribution is 7.93. The lowest BCUT2D eigenvalue weighted by atomic mass is 10.1. The predicted molar refractivity (Wildman–Crippen MR) is 134 cm³/mol. The zero-order chi connectivity index (χ0) is 24.9. The molecule has 4 aromatic rings. The Hall–Kier alpha value is -3.85. The first-order valence-electron chi connectivity index (χ1n) is 11.4. The Morgan fingerprint density at radius 3 is 2.66 bits per heavy atom. The van der Waals surface area contributed by atoms with Crippen LogP contribution in [0.1, 0.15) is 52.3 Å². The van der Waals surface area contributed by atoms with Gasteiger partial charge < -0.3 is 14.5 Å². The van der Waals surface area contributed by atoms with Gasteiger partial charge in [0.2, 0.25) is 0 Å². The van der Waals surface area contributed by atoms with E-state index in [-0.39, 0.29) is 17.4 Å². The smallest absolute Gasteiger partial charge is 0.342 e. The highest BCUT2D eigenvalue weighted by Gasteiger charge is 2.28. The van der Waals surface area contributed by atoms with Crippen molar-refractivity contribution >= 4 is 55.0 Å². The fourth-order valence-corrected chi connectivity index (χ4v) is 5.86. The van der Waals surface area contributed by atoms with Crippen LogP contribution in [0.15, 0.2) is 51.8 Å². The van der Waals surface area contributed by atoms with E-state index >= 15 is 0 Å². The SMILES string of the molecule is CCCc1oc2cc(C)c(NS(=O)(=O)c3ccc4c5c(cccc35)C(=O)N4)cc2c1C(=O)OCC. The summed E-state index contributed by atoms with van der Waals surface area (Å²) in [6, 6.07) is 11.4. The summed E-state index contributed by atoms with van der Waals surface area (Å²) in [5, 5.41) is 4.28. The van der Waals surface area contributed by atoms with Gasteiger partial charge in [-0.1, -0.05) is 19.1 Å². The number of carbonyl (C=O) groups excluding carboxylic acids is 2. The molecule has 0 aliphatic carbocycles. The fraction of sp³-hybridized carbons (Fsp3) is 0.231. The summed E-state index contributed by atoms with van der Waals surface area (Å²) in [5.41, 5.74) is 2.79. The number of carbonyl (C=O) groups is 2. The second-order valence-electron chi connectivity index (χ2n) is 8.43. The van der Waals surface area contributed by atoms with Gasteiger partial charge in [0.1, 0.15) is 16.9 Å². The molecule has 1 aliphatic rings. The maximum absolute atomic E-state index is 13.5. The number of fused-ring (bicyclic) bond motifs is 1. The lowest BCUT2D eigenvalue weighted by molar-refractivity contribution is 0.0525. The molecule has 1 amide bonds. The summed E-state index contributed by atoms with van der Waals surface area (Å²) in [6.45, 7) is 5.68. The first-order valence-corrected chi connectivity index (χ1v) is 12.9. The lowest BCUT2D eigenvalue weighted by Gasteiger charge is -2.13. The molecule has 2 heterocycles. The van der Waals surface area contributed by atoms with Crippen LogP contribution in [0.5, 0.6) is 0 Å². The van der Waals surface area contributed by atoms with Gasteiger partial charge in [-0.05, 0) is 56.2 Å². The molecule has 5 rings (SSSR count). The number of ether oxygens (including phenoxy) is 1. The Morgan fingerprint density at radius 1 is 1.11 bits per heavy atom. The average Bonchev–Trinajstić information content (AvgIpc) is 3.32. The maximum Gasteiger partial charge on any atom is 0.342 e. The van der Waals surface area contributed by atoms with Gasteiger partial charge in [-0.15, -0.1) is 0 Å². The van der Waals surface area contributed by atoms with Crippen molar-refractivity contribution in [1.29, 1.82) is 0 Å². The van der Waals surface area contributed by atoms with E-state index in [9.17, 15) is 18.0 Å². The molecule has 0 radical (unpaired) electrons. The molecule has 3 aromatic carbocycles. The van der Waals surface area contributed by atoms with Crippen LogP contribution in [0.3, 0.4) is 0 Å². The van der Waals surface area contributed by atoms with Crippen LogP contribution in [0.2, 0.25) is 0 Å². The van der Waals surface area contributed by atoms with Gasteiger partial charge in [0.25, 0.3) is 15.9 Å². The Bertz CT molecular complexity index is 1640. The summed E-state index contributed by atoms with van der Waals surface area (Å²) in [6.07, 6.45) is 1.32. The maximum atomic E-state index is 13.5. The molecule has 1 aromatic heterocycles. The van der Waals surface area contributed by atoms with Crippen molar-refractivity contribution in [2.24, 2.45) is 0 Å². The number of hydrogen-bond donors (Lipinski definition) is 2. The van der Waals surface area contributed by atoms with E-state index in [0.29, 0.717) is 62.0 Å². The Labute approximate surface area is 202 Å². The third-order valence-corrected chi connectivity index (χ3v) is 7.52. The summed E-state index contributed by atoms with van der Waals surface area (Å²) in [7, 11) is -4.04.